The number of amides is 1. The van der Waals surface area contributed by atoms with Crippen molar-refractivity contribution in [2.24, 2.45) is 0 Å². The fraction of sp³-hybridized carbons (Fsp3) is 0.318. The number of sulfonamides is 1. The first-order valence-electron chi connectivity index (χ1n) is 10.2. The van der Waals surface area contributed by atoms with Gasteiger partial charge in [0.05, 0.1) is 18.0 Å². The van der Waals surface area contributed by atoms with Crippen LogP contribution in [0.15, 0.2) is 48.8 Å². The number of hydrogen-bond acceptors (Lipinski definition) is 5. The van der Waals surface area contributed by atoms with Crippen LogP contribution in [0, 0.1) is 0 Å². The van der Waals surface area contributed by atoms with Gasteiger partial charge in [-0.1, -0.05) is 30.3 Å². The number of aromatic amines is 1. The number of nitrogens with one attached hydrogen (secondary N) is 1. The number of hydrogen-bond donors (Lipinski definition) is 1. The lowest BCUT2D eigenvalue weighted by Gasteiger charge is -2.44. The van der Waals surface area contributed by atoms with E-state index in [9.17, 15) is 13.2 Å². The van der Waals surface area contributed by atoms with E-state index in [1.165, 1.54) is 16.1 Å². The lowest BCUT2D eigenvalue weighted by atomic mass is 9.89. The number of fused-ring (bicyclic) bond motifs is 3. The lowest BCUT2D eigenvalue weighted by molar-refractivity contribution is 0.0437. The highest BCUT2D eigenvalue weighted by molar-refractivity contribution is 7.88. The molecule has 31 heavy (non-hydrogen) atoms. The van der Waals surface area contributed by atoms with Crippen molar-refractivity contribution in [3.63, 3.8) is 0 Å². The molecule has 1 N–H and O–H groups in total. The third-order valence-corrected chi connectivity index (χ3v) is 7.32. The highest BCUT2D eigenvalue weighted by Crippen LogP contribution is 2.34. The van der Waals surface area contributed by atoms with E-state index < -0.39 is 10.0 Å². The maximum atomic E-state index is 13.1. The van der Waals surface area contributed by atoms with Gasteiger partial charge in [-0.2, -0.15) is 9.40 Å². The van der Waals surface area contributed by atoms with Crippen LogP contribution in [0.1, 0.15) is 27.2 Å². The monoisotopic (exact) mass is 437 g/mol. The number of aryl methyl sites for hydroxylation is 1. The first-order valence-corrected chi connectivity index (χ1v) is 12.1. The number of nitrogens with zero attached hydrogens (tertiary/aromatic N) is 4. The van der Waals surface area contributed by atoms with Crippen LogP contribution in [0.25, 0.3) is 11.3 Å². The Hall–Kier alpha value is -3.04. The summed E-state index contributed by atoms with van der Waals surface area (Å²) in [6.07, 6.45) is 6.16. The Morgan fingerprint density at radius 2 is 2.00 bits per heavy atom. The minimum Gasteiger partial charge on any atom is -0.334 e. The molecule has 0 bridgehead atoms. The number of carbonyl (C=O) groups excluding carboxylic acids is 1. The fourth-order valence-corrected chi connectivity index (χ4v) is 5.45. The van der Waals surface area contributed by atoms with Crippen LogP contribution in [0.3, 0.4) is 0 Å². The van der Waals surface area contributed by atoms with E-state index in [1.807, 2.05) is 24.3 Å². The molecule has 160 valence electrons. The average molecular weight is 438 g/mol. The zero-order valence-electron chi connectivity index (χ0n) is 17.2. The predicted octanol–water partition coefficient (Wildman–Crippen LogP) is 1.86. The summed E-state index contributed by atoms with van der Waals surface area (Å²) in [6, 6.07) is 11.5. The summed E-state index contributed by atoms with van der Waals surface area (Å²) in [5.41, 5.74) is 5.43. The molecule has 1 saturated heterocycles. The van der Waals surface area contributed by atoms with Gasteiger partial charge in [-0.15, -0.1) is 0 Å². The van der Waals surface area contributed by atoms with Crippen LogP contribution in [-0.4, -0.2) is 64.1 Å². The van der Waals surface area contributed by atoms with Gasteiger partial charge in [0.15, 0.2) is 0 Å². The second kappa shape index (κ2) is 7.58. The first kappa shape index (κ1) is 19.9. The number of benzene rings is 1. The third-order valence-electron chi connectivity index (χ3n) is 6.04. The molecule has 2 aromatic heterocycles. The summed E-state index contributed by atoms with van der Waals surface area (Å²) in [7, 11) is -3.43. The number of carbonyl (C=O) groups is 1. The van der Waals surface area contributed by atoms with E-state index in [2.05, 4.69) is 21.2 Å². The summed E-state index contributed by atoms with van der Waals surface area (Å²) < 4.78 is 26.2. The highest BCUT2D eigenvalue weighted by Gasteiger charge is 2.40. The second-order valence-electron chi connectivity index (χ2n) is 8.12. The van der Waals surface area contributed by atoms with Crippen LogP contribution in [0.5, 0.6) is 0 Å². The first-order chi connectivity index (χ1) is 14.9. The zero-order valence-corrected chi connectivity index (χ0v) is 18.0. The van der Waals surface area contributed by atoms with E-state index in [0.29, 0.717) is 18.8 Å². The van der Waals surface area contributed by atoms with Crippen molar-refractivity contribution in [3.05, 3.63) is 71.2 Å². The maximum absolute atomic E-state index is 13.1. The predicted molar refractivity (Wildman–Crippen MR) is 116 cm³/mol. The smallest absolute Gasteiger partial charge is 0.272 e. The maximum Gasteiger partial charge on any atom is 0.272 e. The summed E-state index contributed by atoms with van der Waals surface area (Å²) in [4.78, 5) is 18.9. The number of rotatable bonds is 5. The van der Waals surface area contributed by atoms with E-state index in [1.54, 1.807) is 23.4 Å². The highest BCUT2D eigenvalue weighted by atomic mass is 32.2. The van der Waals surface area contributed by atoms with Gasteiger partial charge in [0.2, 0.25) is 10.0 Å². The molecule has 1 aliphatic heterocycles. The number of H-pyrrole nitrogens is 1. The molecule has 2 aliphatic rings. The van der Waals surface area contributed by atoms with E-state index in [0.717, 1.165) is 35.2 Å². The molecule has 0 unspecified atom stereocenters. The topological polar surface area (TPSA) is 99.3 Å². The minimum absolute atomic E-state index is 0.126. The van der Waals surface area contributed by atoms with Gasteiger partial charge >= 0.3 is 0 Å². The quantitative estimate of drug-likeness (QED) is 0.657. The van der Waals surface area contributed by atoms with Crippen molar-refractivity contribution in [2.75, 3.05) is 19.3 Å². The van der Waals surface area contributed by atoms with E-state index >= 15 is 0 Å². The second-order valence-corrected chi connectivity index (χ2v) is 10.1. The summed E-state index contributed by atoms with van der Waals surface area (Å²) in [5.74, 6) is -0.126. The van der Waals surface area contributed by atoms with Crippen LogP contribution in [-0.2, 0) is 29.4 Å². The number of pyridine rings is 1. The molecule has 0 spiro atoms. The van der Waals surface area contributed by atoms with Crippen molar-refractivity contribution >= 4 is 15.9 Å². The molecule has 1 amide bonds. The van der Waals surface area contributed by atoms with Gasteiger partial charge in [-0.25, -0.2) is 8.42 Å². The van der Waals surface area contributed by atoms with Gasteiger partial charge in [0.1, 0.15) is 5.69 Å². The standard InChI is InChI=1S/C22H23N5O3S/c1-31(29,30)27(12-15-5-4-10-23-11-15)17-13-26(14-17)22(28)21-19-9-8-16-6-2-3-7-18(16)20(19)24-25-21/h2-7,10-11,17H,8-9,12-14H2,1H3,(H,24,25). The summed E-state index contributed by atoms with van der Waals surface area (Å²) in [6.45, 7) is 0.961. The van der Waals surface area contributed by atoms with Crippen molar-refractivity contribution in [2.45, 2.75) is 25.4 Å². The molecule has 1 fully saturated rings. The van der Waals surface area contributed by atoms with Crippen molar-refractivity contribution in [1.29, 1.82) is 0 Å². The van der Waals surface area contributed by atoms with E-state index in [4.69, 9.17) is 0 Å². The SMILES string of the molecule is CS(=O)(=O)N(Cc1cccnc1)C1CN(C(=O)c2[nH]nc3c2CCc2ccccc2-3)C1. The van der Waals surface area contributed by atoms with Crippen LogP contribution >= 0.6 is 0 Å². The lowest BCUT2D eigenvalue weighted by Crippen LogP contribution is -2.61. The largest absolute Gasteiger partial charge is 0.334 e. The Balaban J connectivity index is 1.32. The van der Waals surface area contributed by atoms with Crippen molar-refractivity contribution in [1.82, 2.24) is 24.4 Å². The molecule has 0 saturated carbocycles. The molecule has 0 atom stereocenters. The average Bonchev–Trinajstić information content (AvgIpc) is 3.16. The molecule has 3 aromatic rings. The Labute approximate surface area is 181 Å². The Morgan fingerprint density at radius 3 is 2.74 bits per heavy atom. The molecule has 1 aromatic carbocycles. The van der Waals surface area contributed by atoms with Crippen LogP contribution < -0.4 is 0 Å². The zero-order chi connectivity index (χ0) is 21.6. The van der Waals surface area contributed by atoms with Gasteiger partial charge in [0.25, 0.3) is 5.91 Å². The Kier molecular flexibility index (Phi) is 4.86. The van der Waals surface area contributed by atoms with Gasteiger partial charge in [-0.3, -0.25) is 14.9 Å². The normalized spacial score (nSPS) is 16.0. The van der Waals surface area contributed by atoms with E-state index in [-0.39, 0.29) is 18.5 Å². The molecule has 8 nitrogen and oxygen atoms in total. The van der Waals surface area contributed by atoms with Crippen molar-refractivity contribution < 1.29 is 13.2 Å². The molecule has 1 aliphatic carbocycles. The number of likely N-dealkylation sites (tertiary alicyclic amines) is 1. The Bertz CT molecular complexity index is 1230. The minimum atomic E-state index is -3.43. The third kappa shape index (κ3) is 3.64. The van der Waals surface area contributed by atoms with Gasteiger partial charge in [-0.05, 0) is 30.0 Å². The molecular weight excluding hydrogens is 414 g/mol. The van der Waals surface area contributed by atoms with Crippen LogP contribution in [0.2, 0.25) is 0 Å². The molecule has 3 heterocycles. The molecule has 9 heteroatoms. The fourth-order valence-electron chi connectivity index (χ4n) is 4.39. The molecule has 0 radical (unpaired) electrons. The Morgan fingerprint density at radius 1 is 1.19 bits per heavy atom. The molecular formula is C22H23N5O3S. The van der Waals surface area contributed by atoms with Gasteiger partial charge in [0, 0.05) is 43.2 Å². The van der Waals surface area contributed by atoms with Crippen LogP contribution in [0.4, 0.5) is 0 Å². The van der Waals surface area contributed by atoms with Gasteiger partial charge < -0.3 is 4.90 Å². The molecule has 5 rings (SSSR count). The summed E-state index contributed by atoms with van der Waals surface area (Å²) in [5, 5.41) is 7.36. The summed E-state index contributed by atoms with van der Waals surface area (Å²) >= 11 is 0. The van der Waals surface area contributed by atoms with Crippen molar-refractivity contribution in [3.8, 4) is 11.3 Å². The number of aromatic nitrogens is 3.